The van der Waals surface area contributed by atoms with E-state index in [1.54, 1.807) is 0 Å². The minimum atomic E-state index is -0.260. The number of aromatic nitrogens is 1. The van der Waals surface area contributed by atoms with Crippen LogP contribution in [0.4, 0.5) is 4.79 Å². The Bertz CT molecular complexity index is 1030. The first-order valence-corrected chi connectivity index (χ1v) is 12.9. The molecule has 1 saturated heterocycles. The van der Waals surface area contributed by atoms with Gasteiger partial charge in [0.25, 0.3) is 0 Å². The number of rotatable bonds is 8. The fraction of sp³-hybridized carbons (Fsp3) is 0.630. The smallest absolute Gasteiger partial charge is 0.324 e. The van der Waals surface area contributed by atoms with Gasteiger partial charge in [0.2, 0.25) is 5.91 Å². The first kappa shape index (κ1) is 24.7. The molecule has 2 N–H and O–H groups in total. The Morgan fingerprint density at radius 3 is 2.71 bits per heavy atom. The number of H-pyrrole nitrogens is 1. The average Bonchev–Trinajstić information content (AvgIpc) is 3.13. The van der Waals surface area contributed by atoms with Crippen LogP contribution in [0.5, 0.6) is 0 Å². The van der Waals surface area contributed by atoms with Crippen LogP contribution in [-0.4, -0.2) is 84.5 Å². The third-order valence-corrected chi connectivity index (χ3v) is 7.60. The zero-order valence-corrected chi connectivity index (χ0v) is 21.5. The molecule has 34 heavy (non-hydrogen) atoms. The number of carbonyl (C=O) groups is 2. The van der Waals surface area contributed by atoms with E-state index in [9.17, 15) is 9.59 Å². The molecule has 186 valence electrons. The van der Waals surface area contributed by atoms with Crippen LogP contribution in [0.15, 0.2) is 18.2 Å². The number of hydrogen-bond donors (Lipinski definition) is 2. The summed E-state index contributed by atoms with van der Waals surface area (Å²) in [6, 6.07) is 6.70. The number of carbonyl (C=O) groups excluding carboxylic acids is 2. The normalized spacial score (nSPS) is 22.1. The van der Waals surface area contributed by atoms with Crippen LogP contribution in [0.3, 0.4) is 0 Å². The number of piperidine rings is 1. The molecular weight excluding hydrogens is 426 g/mol. The van der Waals surface area contributed by atoms with Crippen LogP contribution >= 0.6 is 0 Å². The maximum absolute atomic E-state index is 13.8. The molecule has 3 atom stereocenters. The van der Waals surface area contributed by atoms with Crippen LogP contribution < -0.4 is 5.32 Å². The number of aryl methyl sites for hydroxylation is 1. The van der Waals surface area contributed by atoms with E-state index in [1.165, 1.54) is 32.6 Å². The van der Waals surface area contributed by atoms with Crippen molar-refractivity contribution < 1.29 is 9.59 Å². The summed E-state index contributed by atoms with van der Waals surface area (Å²) in [7, 11) is 4.03. The summed E-state index contributed by atoms with van der Waals surface area (Å²) in [5, 5.41) is 4.22. The number of nitrogens with one attached hydrogen (secondary N) is 2. The number of imide groups is 1. The van der Waals surface area contributed by atoms with E-state index in [1.807, 2.05) is 21.0 Å². The van der Waals surface area contributed by atoms with Gasteiger partial charge in [0.05, 0.1) is 5.92 Å². The lowest BCUT2D eigenvalue weighted by Crippen LogP contribution is -2.55. The van der Waals surface area contributed by atoms with E-state index < -0.39 is 0 Å². The number of amides is 3. The van der Waals surface area contributed by atoms with E-state index in [4.69, 9.17) is 0 Å². The van der Waals surface area contributed by atoms with Gasteiger partial charge in [-0.05, 0) is 83.9 Å². The number of likely N-dealkylation sites (tertiary alicyclic amines) is 1. The molecule has 1 aromatic heterocycles. The molecule has 3 amide bonds. The van der Waals surface area contributed by atoms with Gasteiger partial charge in [-0.2, -0.15) is 0 Å². The van der Waals surface area contributed by atoms with Crippen molar-refractivity contribution in [1.29, 1.82) is 0 Å². The molecule has 1 fully saturated rings. The molecular formula is C27H41N5O2. The minimum Gasteiger partial charge on any atom is -0.358 e. The quantitative estimate of drug-likeness (QED) is 0.621. The summed E-state index contributed by atoms with van der Waals surface area (Å²) >= 11 is 0. The Balaban J connectivity index is 1.63. The molecule has 0 saturated carbocycles. The van der Waals surface area contributed by atoms with Crippen molar-refractivity contribution in [1.82, 2.24) is 25.0 Å². The Morgan fingerprint density at radius 2 is 2.00 bits per heavy atom. The predicted octanol–water partition coefficient (Wildman–Crippen LogP) is 3.73. The fourth-order valence-electron chi connectivity index (χ4n) is 6.11. The molecule has 1 unspecified atom stereocenters. The fourth-order valence-corrected chi connectivity index (χ4v) is 6.11. The number of urea groups is 1. The number of hydrogen-bond acceptors (Lipinski definition) is 4. The average molecular weight is 468 g/mol. The molecule has 7 heteroatoms. The van der Waals surface area contributed by atoms with Gasteiger partial charge in [0, 0.05) is 48.2 Å². The van der Waals surface area contributed by atoms with Crippen molar-refractivity contribution in [2.24, 2.45) is 5.92 Å². The third-order valence-electron chi connectivity index (χ3n) is 7.60. The summed E-state index contributed by atoms with van der Waals surface area (Å²) in [6.07, 6.45) is 3.65. The molecule has 0 spiro atoms. The molecule has 0 radical (unpaired) electrons. The van der Waals surface area contributed by atoms with E-state index >= 15 is 0 Å². The van der Waals surface area contributed by atoms with Gasteiger partial charge in [-0.25, -0.2) is 4.79 Å². The lowest BCUT2D eigenvalue weighted by molar-refractivity contribution is -0.135. The van der Waals surface area contributed by atoms with Gasteiger partial charge in [-0.15, -0.1) is 0 Å². The Labute approximate surface area is 203 Å². The molecule has 2 aromatic rings. The van der Waals surface area contributed by atoms with Gasteiger partial charge in [0.15, 0.2) is 0 Å². The number of aromatic amines is 1. The van der Waals surface area contributed by atoms with Crippen LogP contribution in [0.2, 0.25) is 0 Å². The van der Waals surface area contributed by atoms with E-state index in [0.717, 1.165) is 45.3 Å². The monoisotopic (exact) mass is 467 g/mol. The van der Waals surface area contributed by atoms with E-state index in [0.29, 0.717) is 25.0 Å². The molecule has 1 aromatic carbocycles. The summed E-state index contributed by atoms with van der Waals surface area (Å²) in [5.74, 6) is 0.109. The highest BCUT2D eigenvalue weighted by Crippen LogP contribution is 2.46. The van der Waals surface area contributed by atoms with Crippen molar-refractivity contribution in [3.05, 3.63) is 35.0 Å². The maximum Gasteiger partial charge on any atom is 0.324 e. The highest BCUT2D eigenvalue weighted by atomic mass is 16.2. The van der Waals surface area contributed by atoms with Crippen LogP contribution in [0, 0.1) is 12.8 Å². The van der Waals surface area contributed by atoms with Crippen molar-refractivity contribution >= 4 is 22.8 Å². The molecule has 1 aliphatic heterocycles. The zero-order chi connectivity index (χ0) is 24.4. The Hall–Kier alpha value is -2.38. The van der Waals surface area contributed by atoms with Gasteiger partial charge < -0.3 is 15.2 Å². The Kier molecular flexibility index (Phi) is 7.63. The highest BCUT2D eigenvalue weighted by molar-refractivity contribution is 5.96. The van der Waals surface area contributed by atoms with Crippen molar-refractivity contribution in [2.45, 2.75) is 58.4 Å². The molecule has 4 rings (SSSR count). The molecule has 2 heterocycles. The predicted molar refractivity (Wildman–Crippen MR) is 137 cm³/mol. The number of nitrogens with zero attached hydrogens (tertiary/aromatic N) is 3. The van der Waals surface area contributed by atoms with Crippen molar-refractivity contribution in [3.63, 3.8) is 0 Å². The second-order valence-corrected chi connectivity index (χ2v) is 10.3. The van der Waals surface area contributed by atoms with Gasteiger partial charge >= 0.3 is 6.03 Å². The number of fused-ring (bicyclic) bond motifs is 2. The first-order valence-electron chi connectivity index (χ1n) is 12.9. The lowest BCUT2D eigenvalue weighted by Gasteiger charge is -2.47. The standard InChI is InChI=1S/C27H41N5O2/c1-6-12-31-17-19(26(33)32(27(34)28-7-2)14-9-13-30(4)5)15-22-20-10-8-11-23-25(20)21(16-24(22)31)18(3)29-23/h8,10-11,19,22,24,29H,6-7,9,12-17H2,1-5H3,(H,28,34)/t19?,22-,24-/m1/s1. The van der Waals surface area contributed by atoms with Crippen molar-refractivity contribution in [3.8, 4) is 0 Å². The first-order chi connectivity index (χ1) is 16.3. The Morgan fingerprint density at radius 1 is 1.21 bits per heavy atom. The van der Waals surface area contributed by atoms with E-state index in [-0.39, 0.29) is 17.9 Å². The largest absolute Gasteiger partial charge is 0.358 e. The second-order valence-electron chi connectivity index (χ2n) is 10.3. The summed E-state index contributed by atoms with van der Waals surface area (Å²) in [4.78, 5) is 36.4. The zero-order valence-electron chi connectivity index (χ0n) is 21.5. The maximum atomic E-state index is 13.8. The number of benzene rings is 1. The van der Waals surface area contributed by atoms with Crippen molar-refractivity contribution in [2.75, 3.05) is 46.8 Å². The lowest BCUT2D eigenvalue weighted by atomic mass is 9.71. The second kappa shape index (κ2) is 10.5. The third kappa shape index (κ3) is 4.73. The highest BCUT2D eigenvalue weighted by Gasteiger charge is 2.44. The molecule has 7 nitrogen and oxygen atoms in total. The van der Waals surface area contributed by atoms with Crippen LogP contribution in [0.1, 0.15) is 55.8 Å². The van der Waals surface area contributed by atoms with Crippen LogP contribution in [0.25, 0.3) is 10.9 Å². The summed E-state index contributed by atoms with van der Waals surface area (Å²) < 4.78 is 0. The topological polar surface area (TPSA) is 71.7 Å². The molecule has 2 aliphatic rings. The van der Waals surface area contributed by atoms with Gasteiger partial charge in [-0.1, -0.05) is 19.1 Å². The van der Waals surface area contributed by atoms with Crippen LogP contribution in [-0.2, 0) is 11.2 Å². The molecule has 0 bridgehead atoms. The minimum absolute atomic E-state index is 0.0209. The van der Waals surface area contributed by atoms with Gasteiger partial charge in [0.1, 0.15) is 0 Å². The SMILES string of the molecule is CCCN1CC(C(=O)N(CCCN(C)C)C(=O)NCC)C[C@@H]2c3cccc4[nH]c(C)c(c34)C[C@H]21. The summed E-state index contributed by atoms with van der Waals surface area (Å²) in [5.41, 5.74) is 5.26. The summed E-state index contributed by atoms with van der Waals surface area (Å²) in [6.45, 7) is 9.80. The molecule has 1 aliphatic carbocycles. The van der Waals surface area contributed by atoms with E-state index in [2.05, 4.69) is 52.1 Å². The van der Waals surface area contributed by atoms with Gasteiger partial charge in [-0.3, -0.25) is 14.6 Å².